The maximum atomic E-state index is 12.6. The molecular weight excluding hydrogens is 423 g/mol. The summed E-state index contributed by atoms with van der Waals surface area (Å²) in [5, 5.41) is 3.91. The molecule has 1 aromatic heterocycles. The molecule has 1 aliphatic heterocycles. The maximum absolute atomic E-state index is 12.6. The van der Waals surface area contributed by atoms with Crippen LogP contribution in [0.2, 0.25) is 5.02 Å². The minimum Gasteiger partial charge on any atom is -0.489 e. The van der Waals surface area contributed by atoms with E-state index in [4.69, 9.17) is 16.3 Å². The fourth-order valence-corrected chi connectivity index (χ4v) is 3.24. The number of hydrogen-bond donors (Lipinski definition) is 0. The van der Waals surface area contributed by atoms with Gasteiger partial charge in [-0.25, -0.2) is 0 Å². The van der Waals surface area contributed by atoms with Crippen LogP contribution in [-0.2, 0) is 6.18 Å². The number of aromatic nitrogens is 2. The van der Waals surface area contributed by atoms with Crippen molar-refractivity contribution in [3.63, 3.8) is 0 Å². The van der Waals surface area contributed by atoms with Gasteiger partial charge in [-0.3, -0.25) is 4.79 Å². The quantitative estimate of drug-likeness (QED) is 0.591. The normalized spacial score (nSPS) is 16.7. The zero-order chi connectivity index (χ0) is 21.3. The van der Waals surface area contributed by atoms with Crippen LogP contribution in [0.15, 0.2) is 53.1 Å². The lowest BCUT2D eigenvalue weighted by molar-refractivity contribution is -0.159. The van der Waals surface area contributed by atoms with Crippen LogP contribution in [0.25, 0.3) is 11.4 Å². The lowest BCUT2D eigenvalue weighted by atomic mass is 10.2. The smallest absolute Gasteiger partial charge is 0.471 e. The summed E-state index contributed by atoms with van der Waals surface area (Å²) in [4.78, 5) is 17.6. The van der Waals surface area contributed by atoms with Gasteiger partial charge >= 0.3 is 12.1 Å². The molecule has 0 aliphatic carbocycles. The van der Waals surface area contributed by atoms with E-state index in [0.717, 1.165) is 0 Å². The average molecular weight is 438 g/mol. The summed E-state index contributed by atoms with van der Waals surface area (Å²) in [6, 6.07) is 13.0. The lowest BCUT2D eigenvalue weighted by Crippen LogP contribution is -2.30. The molecule has 1 atom stereocenters. The molecule has 156 valence electrons. The second-order valence-corrected chi connectivity index (χ2v) is 7.17. The predicted molar refractivity (Wildman–Crippen MR) is 101 cm³/mol. The third-order valence-corrected chi connectivity index (χ3v) is 4.86. The van der Waals surface area contributed by atoms with Crippen LogP contribution < -0.4 is 4.74 Å². The number of rotatable bonds is 4. The van der Waals surface area contributed by atoms with Gasteiger partial charge in [0.1, 0.15) is 11.9 Å². The van der Waals surface area contributed by atoms with Gasteiger partial charge in [-0.05, 0) is 48.5 Å². The molecule has 0 spiro atoms. The molecule has 30 heavy (non-hydrogen) atoms. The zero-order valence-corrected chi connectivity index (χ0v) is 16.2. The first-order chi connectivity index (χ1) is 14.3. The van der Waals surface area contributed by atoms with Crippen molar-refractivity contribution >= 4 is 17.5 Å². The number of carbonyl (C=O) groups excluding carboxylic acids is 1. The SMILES string of the molecule is O=C(c1ccc(Cl)cc1)N1CC[C@@H](Oc2ccc(-c3noc(C(F)(F)F)n3)cc2)C1. The van der Waals surface area contributed by atoms with Crippen LogP contribution in [0.1, 0.15) is 22.7 Å². The molecule has 1 saturated heterocycles. The summed E-state index contributed by atoms with van der Waals surface area (Å²) in [6.07, 6.45) is -4.21. The van der Waals surface area contributed by atoms with E-state index in [0.29, 0.717) is 41.4 Å². The largest absolute Gasteiger partial charge is 0.489 e. The maximum Gasteiger partial charge on any atom is 0.471 e. The van der Waals surface area contributed by atoms with Gasteiger partial charge in [-0.1, -0.05) is 16.8 Å². The summed E-state index contributed by atoms with van der Waals surface area (Å²) >= 11 is 5.85. The van der Waals surface area contributed by atoms with Crippen molar-refractivity contribution in [2.45, 2.75) is 18.7 Å². The summed E-state index contributed by atoms with van der Waals surface area (Å²) in [5.74, 6) is -1.11. The van der Waals surface area contributed by atoms with Gasteiger partial charge in [0.25, 0.3) is 5.91 Å². The van der Waals surface area contributed by atoms with Crippen LogP contribution in [-0.4, -0.2) is 40.1 Å². The van der Waals surface area contributed by atoms with Crippen LogP contribution in [0.4, 0.5) is 13.2 Å². The Balaban J connectivity index is 1.37. The molecule has 0 bridgehead atoms. The number of carbonyl (C=O) groups is 1. The number of likely N-dealkylation sites (tertiary alicyclic amines) is 1. The summed E-state index contributed by atoms with van der Waals surface area (Å²) in [5.41, 5.74) is 0.926. The van der Waals surface area contributed by atoms with E-state index in [-0.39, 0.29) is 17.8 Å². The highest BCUT2D eigenvalue weighted by Gasteiger charge is 2.38. The topological polar surface area (TPSA) is 68.5 Å². The van der Waals surface area contributed by atoms with Crippen molar-refractivity contribution in [1.29, 1.82) is 0 Å². The molecule has 0 saturated carbocycles. The Morgan fingerprint density at radius 2 is 1.83 bits per heavy atom. The van der Waals surface area contributed by atoms with E-state index >= 15 is 0 Å². The van der Waals surface area contributed by atoms with E-state index in [2.05, 4.69) is 14.7 Å². The third kappa shape index (κ3) is 4.40. The molecule has 1 aliphatic rings. The number of benzene rings is 2. The highest BCUT2D eigenvalue weighted by atomic mass is 35.5. The van der Waals surface area contributed by atoms with E-state index < -0.39 is 12.1 Å². The van der Waals surface area contributed by atoms with Gasteiger partial charge in [0.05, 0.1) is 6.54 Å². The number of hydrogen-bond acceptors (Lipinski definition) is 5. The Kier molecular flexibility index (Phi) is 5.38. The van der Waals surface area contributed by atoms with Crippen LogP contribution in [0.5, 0.6) is 5.75 Å². The van der Waals surface area contributed by atoms with E-state index in [9.17, 15) is 18.0 Å². The van der Waals surface area contributed by atoms with Crippen molar-refractivity contribution < 1.29 is 27.2 Å². The highest BCUT2D eigenvalue weighted by Crippen LogP contribution is 2.30. The van der Waals surface area contributed by atoms with Crippen LogP contribution >= 0.6 is 11.6 Å². The van der Waals surface area contributed by atoms with Crippen molar-refractivity contribution in [1.82, 2.24) is 15.0 Å². The van der Waals surface area contributed by atoms with Crippen molar-refractivity contribution in [2.75, 3.05) is 13.1 Å². The van der Waals surface area contributed by atoms with Crippen LogP contribution in [0, 0.1) is 0 Å². The zero-order valence-electron chi connectivity index (χ0n) is 15.4. The fraction of sp³-hybridized carbons (Fsp3) is 0.250. The van der Waals surface area contributed by atoms with E-state index in [1.165, 1.54) is 0 Å². The Morgan fingerprint density at radius 3 is 2.47 bits per heavy atom. The van der Waals surface area contributed by atoms with Gasteiger partial charge < -0.3 is 14.2 Å². The second kappa shape index (κ2) is 7.98. The average Bonchev–Trinajstić information content (AvgIpc) is 3.38. The summed E-state index contributed by atoms with van der Waals surface area (Å²) in [7, 11) is 0. The molecule has 1 amide bonds. The standard InChI is InChI=1S/C20H15ClF3N3O3/c21-14-5-1-13(2-6-14)18(28)27-10-9-16(11-27)29-15-7-3-12(4-8-15)17-25-19(30-26-17)20(22,23)24/h1-8,16H,9-11H2/t16-/m1/s1. The van der Waals surface area contributed by atoms with Crippen molar-refractivity contribution in [2.24, 2.45) is 0 Å². The van der Waals surface area contributed by atoms with Crippen molar-refractivity contribution in [3.05, 3.63) is 65.0 Å². The number of amides is 1. The number of alkyl halides is 3. The molecule has 2 aromatic carbocycles. The van der Waals surface area contributed by atoms with Gasteiger partial charge in [0.15, 0.2) is 0 Å². The molecule has 3 aromatic rings. The number of ether oxygens (including phenoxy) is 1. The van der Waals surface area contributed by atoms with Gasteiger partial charge in [-0.2, -0.15) is 18.2 Å². The summed E-state index contributed by atoms with van der Waals surface area (Å²) in [6.45, 7) is 0.996. The monoisotopic (exact) mass is 437 g/mol. The molecule has 6 nitrogen and oxygen atoms in total. The predicted octanol–water partition coefficient (Wildman–Crippen LogP) is 4.70. The minimum absolute atomic E-state index is 0.0920. The highest BCUT2D eigenvalue weighted by molar-refractivity contribution is 6.30. The molecule has 0 radical (unpaired) electrons. The molecule has 10 heteroatoms. The van der Waals surface area contributed by atoms with E-state index in [1.54, 1.807) is 53.4 Å². The first-order valence-corrected chi connectivity index (χ1v) is 9.40. The Labute approximate surface area is 174 Å². The first-order valence-electron chi connectivity index (χ1n) is 9.02. The Morgan fingerprint density at radius 1 is 1.13 bits per heavy atom. The van der Waals surface area contributed by atoms with Gasteiger partial charge in [0, 0.05) is 29.1 Å². The molecule has 2 heterocycles. The first kappa shape index (κ1) is 20.2. The molecule has 1 fully saturated rings. The number of halogens is 4. The lowest BCUT2D eigenvalue weighted by Gasteiger charge is -2.17. The molecule has 4 rings (SSSR count). The van der Waals surface area contributed by atoms with Crippen molar-refractivity contribution in [3.8, 4) is 17.1 Å². The van der Waals surface area contributed by atoms with E-state index in [1.807, 2.05) is 0 Å². The van der Waals surface area contributed by atoms with Gasteiger partial charge in [0.2, 0.25) is 5.82 Å². The molecular formula is C20H15ClF3N3O3. The number of nitrogens with zero attached hydrogens (tertiary/aromatic N) is 3. The third-order valence-electron chi connectivity index (χ3n) is 4.61. The molecule has 0 unspecified atom stereocenters. The van der Waals surface area contributed by atoms with Gasteiger partial charge in [-0.15, -0.1) is 0 Å². The minimum atomic E-state index is -4.69. The molecule has 0 N–H and O–H groups in total. The van der Waals surface area contributed by atoms with Crippen LogP contribution in [0.3, 0.4) is 0 Å². The summed E-state index contributed by atoms with van der Waals surface area (Å²) < 4.78 is 47.9. The Hall–Kier alpha value is -3.07. The second-order valence-electron chi connectivity index (χ2n) is 6.73. The Bertz CT molecular complexity index is 1040. The fourth-order valence-electron chi connectivity index (χ4n) is 3.11.